The van der Waals surface area contributed by atoms with Crippen molar-refractivity contribution in [1.29, 1.82) is 0 Å². The smallest absolute Gasteiger partial charge is 0.404 e. The molecule has 1 aromatic rings. The van der Waals surface area contributed by atoms with E-state index in [1.807, 2.05) is 0 Å². The number of hydrogen-bond acceptors (Lipinski definition) is 3. The normalized spacial score (nSPS) is 22.1. The van der Waals surface area contributed by atoms with Crippen LogP contribution < -0.4 is 5.32 Å². The van der Waals surface area contributed by atoms with Gasteiger partial charge >= 0.3 is 6.09 Å². The van der Waals surface area contributed by atoms with Gasteiger partial charge in [0.1, 0.15) is 0 Å². The van der Waals surface area contributed by atoms with Gasteiger partial charge in [0.2, 0.25) is 0 Å². The quantitative estimate of drug-likeness (QED) is 0.895. The summed E-state index contributed by atoms with van der Waals surface area (Å²) in [6, 6.07) is 11.5. The predicted octanol–water partition coefficient (Wildman–Crippen LogP) is 2.38. The first-order valence-electron chi connectivity index (χ1n) is 8.70. The van der Waals surface area contributed by atoms with Crippen molar-refractivity contribution in [2.24, 2.45) is 0 Å². The summed E-state index contributed by atoms with van der Waals surface area (Å²) < 4.78 is 0. The van der Waals surface area contributed by atoms with Gasteiger partial charge < -0.3 is 15.3 Å². The van der Waals surface area contributed by atoms with Crippen molar-refractivity contribution in [2.75, 3.05) is 26.2 Å². The maximum absolute atomic E-state index is 10.7. The molecule has 126 valence electrons. The van der Waals surface area contributed by atoms with Gasteiger partial charge in [-0.25, -0.2) is 4.79 Å². The molecule has 2 fully saturated rings. The number of likely N-dealkylation sites (tertiary alicyclic amines) is 2. The Balaban J connectivity index is 1.40. The van der Waals surface area contributed by atoms with E-state index < -0.39 is 6.09 Å². The van der Waals surface area contributed by atoms with E-state index in [-0.39, 0.29) is 6.04 Å². The molecule has 0 bridgehead atoms. The van der Waals surface area contributed by atoms with E-state index >= 15 is 0 Å². The molecule has 0 radical (unpaired) electrons. The minimum atomic E-state index is -0.891. The Morgan fingerprint density at radius 2 is 1.70 bits per heavy atom. The van der Waals surface area contributed by atoms with Crippen molar-refractivity contribution in [3.8, 4) is 0 Å². The molecule has 0 atom stereocenters. The minimum Gasteiger partial charge on any atom is -0.465 e. The molecule has 0 saturated carbocycles. The van der Waals surface area contributed by atoms with Gasteiger partial charge in [-0.05, 0) is 44.3 Å². The van der Waals surface area contributed by atoms with Gasteiger partial charge in [-0.3, -0.25) is 4.90 Å². The molecule has 0 aliphatic carbocycles. The summed E-state index contributed by atoms with van der Waals surface area (Å²) in [6.45, 7) is 5.42. The first kappa shape index (κ1) is 16.3. The van der Waals surface area contributed by atoms with Gasteiger partial charge in [0.25, 0.3) is 0 Å². The molecule has 2 aliphatic heterocycles. The van der Waals surface area contributed by atoms with Crippen LogP contribution in [0.2, 0.25) is 0 Å². The van der Waals surface area contributed by atoms with Gasteiger partial charge in [0.05, 0.1) is 0 Å². The Bertz CT molecular complexity index is 492. The molecular formula is C18H27N3O2. The molecule has 2 aliphatic rings. The summed E-state index contributed by atoms with van der Waals surface area (Å²) in [5, 5.41) is 11.4. The van der Waals surface area contributed by atoms with E-state index in [1.54, 1.807) is 0 Å². The highest BCUT2D eigenvalue weighted by Crippen LogP contribution is 2.22. The zero-order valence-electron chi connectivity index (χ0n) is 13.7. The summed E-state index contributed by atoms with van der Waals surface area (Å²) in [5.41, 5.74) is 1.39. The van der Waals surface area contributed by atoms with E-state index in [0.29, 0.717) is 6.04 Å². The first-order valence-corrected chi connectivity index (χ1v) is 8.70. The highest BCUT2D eigenvalue weighted by molar-refractivity contribution is 5.64. The topological polar surface area (TPSA) is 55.8 Å². The minimum absolute atomic E-state index is 0.141. The first-order chi connectivity index (χ1) is 11.2. The van der Waals surface area contributed by atoms with E-state index in [0.717, 1.165) is 45.6 Å². The molecule has 5 nitrogen and oxygen atoms in total. The SMILES string of the molecule is O=C(O)NC1CCN(C2CCN(Cc3ccccc3)CC2)CC1. The number of amides is 1. The third-order valence-electron chi connectivity index (χ3n) is 5.18. The van der Waals surface area contributed by atoms with Gasteiger partial charge in [-0.1, -0.05) is 30.3 Å². The van der Waals surface area contributed by atoms with Crippen LogP contribution in [-0.2, 0) is 6.54 Å². The molecular weight excluding hydrogens is 290 g/mol. The van der Waals surface area contributed by atoms with Crippen LogP contribution in [0.15, 0.2) is 30.3 Å². The van der Waals surface area contributed by atoms with Crippen LogP contribution in [-0.4, -0.2) is 59.3 Å². The molecule has 23 heavy (non-hydrogen) atoms. The second kappa shape index (κ2) is 7.79. The average molecular weight is 317 g/mol. The predicted molar refractivity (Wildman–Crippen MR) is 90.5 cm³/mol. The monoisotopic (exact) mass is 317 g/mol. The molecule has 0 unspecified atom stereocenters. The Kier molecular flexibility index (Phi) is 5.51. The fourth-order valence-corrected chi connectivity index (χ4v) is 3.87. The number of carbonyl (C=O) groups is 1. The van der Waals surface area contributed by atoms with Crippen LogP contribution in [0, 0.1) is 0 Å². The molecule has 2 N–H and O–H groups in total. The molecule has 0 aromatic heterocycles. The summed E-state index contributed by atoms with van der Waals surface area (Å²) in [6.07, 6.45) is 3.44. The fraction of sp³-hybridized carbons (Fsp3) is 0.611. The number of nitrogens with zero attached hydrogens (tertiary/aromatic N) is 2. The summed E-state index contributed by atoms with van der Waals surface area (Å²) in [7, 11) is 0. The lowest BCUT2D eigenvalue weighted by Crippen LogP contribution is -2.50. The number of hydrogen-bond donors (Lipinski definition) is 2. The van der Waals surface area contributed by atoms with Crippen molar-refractivity contribution in [1.82, 2.24) is 15.1 Å². The molecule has 3 rings (SSSR count). The Morgan fingerprint density at radius 3 is 2.30 bits per heavy atom. The molecule has 2 heterocycles. The van der Waals surface area contributed by atoms with Crippen LogP contribution in [0.1, 0.15) is 31.2 Å². The lowest BCUT2D eigenvalue weighted by atomic mass is 9.97. The molecule has 5 heteroatoms. The van der Waals surface area contributed by atoms with Gasteiger partial charge in [-0.2, -0.15) is 0 Å². The zero-order valence-corrected chi connectivity index (χ0v) is 13.7. The second-order valence-corrected chi connectivity index (χ2v) is 6.75. The number of benzene rings is 1. The number of carboxylic acid groups (broad SMARTS) is 1. The van der Waals surface area contributed by atoms with E-state index in [2.05, 4.69) is 45.4 Å². The molecule has 1 amide bonds. The maximum atomic E-state index is 10.7. The van der Waals surface area contributed by atoms with Gasteiger partial charge in [0, 0.05) is 31.7 Å². The number of rotatable bonds is 4. The van der Waals surface area contributed by atoms with Crippen LogP contribution in [0.3, 0.4) is 0 Å². The largest absolute Gasteiger partial charge is 0.465 e. The molecule has 0 spiro atoms. The summed E-state index contributed by atoms with van der Waals surface area (Å²) in [4.78, 5) is 15.8. The van der Waals surface area contributed by atoms with Gasteiger partial charge in [-0.15, -0.1) is 0 Å². The zero-order chi connectivity index (χ0) is 16.1. The number of piperidine rings is 2. The van der Waals surface area contributed by atoms with Crippen LogP contribution >= 0.6 is 0 Å². The van der Waals surface area contributed by atoms with E-state index in [1.165, 1.54) is 18.4 Å². The van der Waals surface area contributed by atoms with Gasteiger partial charge in [0.15, 0.2) is 0 Å². The third-order valence-corrected chi connectivity index (χ3v) is 5.18. The Morgan fingerprint density at radius 1 is 1.04 bits per heavy atom. The third kappa shape index (κ3) is 4.69. The van der Waals surface area contributed by atoms with Crippen molar-refractivity contribution in [2.45, 2.75) is 44.3 Å². The average Bonchev–Trinajstić information content (AvgIpc) is 2.57. The molecule has 1 aromatic carbocycles. The van der Waals surface area contributed by atoms with Crippen molar-refractivity contribution < 1.29 is 9.90 Å². The number of nitrogens with one attached hydrogen (secondary N) is 1. The highest BCUT2D eigenvalue weighted by Gasteiger charge is 2.28. The van der Waals surface area contributed by atoms with Crippen molar-refractivity contribution in [3.63, 3.8) is 0 Å². The van der Waals surface area contributed by atoms with E-state index in [9.17, 15) is 4.79 Å². The second-order valence-electron chi connectivity index (χ2n) is 6.75. The highest BCUT2D eigenvalue weighted by atomic mass is 16.4. The summed E-state index contributed by atoms with van der Waals surface area (Å²) >= 11 is 0. The maximum Gasteiger partial charge on any atom is 0.404 e. The Labute approximate surface area is 138 Å². The lowest BCUT2D eigenvalue weighted by Gasteiger charge is -2.41. The standard InChI is InChI=1S/C18H27N3O2/c22-18(23)19-16-6-12-21(13-7-16)17-8-10-20(11-9-17)14-15-4-2-1-3-5-15/h1-5,16-17,19H,6-14H2,(H,22,23). The van der Waals surface area contributed by atoms with Crippen molar-refractivity contribution in [3.05, 3.63) is 35.9 Å². The lowest BCUT2D eigenvalue weighted by molar-refractivity contribution is 0.0806. The molecule has 2 saturated heterocycles. The summed E-state index contributed by atoms with van der Waals surface area (Å²) in [5.74, 6) is 0. The Hall–Kier alpha value is -1.59. The van der Waals surface area contributed by atoms with Crippen molar-refractivity contribution >= 4 is 6.09 Å². The van der Waals surface area contributed by atoms with Crippen LogP contribution in [0.4, 0.5) is 4.79 Å². The van der Waals surface area contributed by atoms with Crippen LogP contribution in [0.5, 0.6) is 0 Å². The fourth-order valence-electron chi connectivity index (χ4n) is 3.87. The van der Waals surface area contributed by atoms with Crippen LogP contribution in [0.25, 0.3) is 0 Å². The van der Waals surface area contributed by atoms with E-state index in [4.69, 9.17) is 5.11 Å².